The van der Waals surface area contributed by atoms with Crippen molar-refractivity contribution in [3.05, 3.63) is 120 Å². The van der Waals surface area contributed by atoms with Gasteiger partial charge in [-0.15, -0.1) is 0 Å². The Hall–Kier alpha value is -4.26. The topological polar surface area (TPSA) is 136 Å². The lowest BCUT2D eigenvalue weighted by molar-refractivity contribution is -0.386. The van der Waals surface area contributed by atoms with E-state index in [-0.39, 0.29) is 0 Å². The van der Waals surface area contributed by atoms with E-state index in [0.717, 1.165) is 25.2 Å². The highest BCUT2D eigenvalue weighted by Gasteiger charge is 1.98. The number of carbonyl (C=O) groups excluding carboxylic acids is 2. The van der Waals surface area contributed by atoms with E-state index in [0.29, 0.717) is 12.2 Å². The molecule has 0 aliphatic heterocycles. The molecule has 6 heteroatoms. The first kappa shape index (κ1) is 26.0. The van der Waals surface area contributed by atoms with Crippen molar-refractivity contribution in [3.63, 3.8) is 0 Å². The third kappa shape index (κ3) is 8.35. The van der Waals surface area contributed by atoms with Gasteiger partial charge in [0.15, 0.2) is 0 Å². The molecule has 0 radical (unpaired) electrons. The van der Waals surface area contributed by atoms with Crippen molar-refractivity contribution in [3.8, 4) is 0 Å². The third-order valence-electron chi connectivity index (χ3n) is 4.87. The number of quaternary nitrogens is 2. The van der Waals surface area contributed by atoms with Crippen LogP contribution in [0.4, 0.5) is 0 Å². The number of aliphatic carboxylic acids is 2. The predicted octanol–water partition coefficient (Wildman–Crippen LogP) is 0.762. The fourth-order valence-electron chi connectivity index (χ4n) is 3.29. The second-order valence-corrected chi connectivity index (χ2v) is 7.13. The van der Waals surface area contributed by atoms with E-state index in [1.54, 1.807) is 0 Å². The van der Waals surface area contributed by atoms with Crippen LogP contribution in [0.15, 0.2) is 109 Å². The molecule has 0 aliphatic rings. The Kier molecular flexibility index (Phi) is 10.7. The average Bonchev–Trinajstić information content (AvgIpc) is 2.86. The summed E-state index contributed by atoms with van der Waals surface area (Å²) in [5.41, 5.74) is 10.5. The number of carboxylic acids is 2. The van der Waals surface area contributed by atoms with Gasteiger partial charge in [0.05, 0.1) is 11.9 Å². The van der Waals surface area contributed by atoms with Crippen LogP contribution >= 0.6 is 0 Å². The number of carboxylic acid groups (broad SMARTS) is 2. The molecule has 4 aromatic rings. The summed E-state index contributed by atoms with van der Waals surface area (Å²) in [7, 11) is 0. The van der Waals surface area contributed by atoms with E-state index < -0.39 is 11.9 Å². The minimum absolute atomic E-state index is 0.708. The van der Waals surface area contributed by atoms with E-state index in [1.165, 1.54) is 32.7 Å². The molecule has 0 saturated heterocycles. The normalized spacial score (nSPS) is 10.5. The van der Waals surface area contributed by atoms with Gasteiger partial charge in [0.2, 0.25) is 0 Å². The Bertz CT molecular complexity index is 1180. The summed E-state index contributed by atoms with van der Waals surface area (Å²) in [6, 6.07) is 29.5. The maximum absolute atomic E-state index is 9.65. The maximum atomic E-state index is 9.65. The molecule has 0 heterocycles. The van der Waals surface area contributed by atoms with E-state index >= 15 is 0 Å². The first-order valence-corrected chi connectivity index (χ1v) is 10.7. The van der Waals surface area contributed by atoms with Gasteiger partial charge in [-0.3, -0.25) is 0 Å². The molecule has 34 heavy (non-hydrogen) atoms. The molecule has 6 N–H and O–H groups in total. The highest BCUT2D eigenvalue weighted by molar-refractivity contribution is 5.86. The van der Waals surface area contributed by atoms with Crippen molar-refractivity contribution in [1.82, 2.24) is 0 Å². The van der Waals surface area contributed by atoms with Crippen LogP contribution in [-0.4, -0.2) is 11.9 Å². The van der Waals surface area contributed by atoms with Crippen LogP contribution in [0, 0.1) is 0 Å². The summed E-state index contributed by atoms with van der Waals surface area (Å²) < 4.78 is 0. The van der Waals surface area contributed by atoms with Gasteiger partial charge in [-0.05, 0) is 33.7 Å². The second kappa shape index (κ2) is 14.0. The monoisotopic (exact) mass is 456 g/mol. The number of allylic oxidation sites excluding steroid dienone is 2. The number of hydrogen-bond donors (Lipinski definition) is 2. The van der Waals surface area contributed by atoms with Crippen molar-refractivity contribution in [2.45, 2.75) is 13.1 Å². The van der Waals surface area contributed by atoms with Crippen molar-refractivity contribution in [2.24, 2.45) is 0 Å². The molecule has 0 bridgehead atoms. The van der Waals surface area contributed by atoms with Crippen LogP contribution in [0.5, 0.6) is 0 Å². The fourth-order valence-corrected chi connectivity index (χ4v) is 3.29. The summed E-state index contributed by atoms with van der Waals surface area (Å²) in [6.45, 7) is 1.72. The Labute approximate surface area is 198 Å². The molecule has 0 fully saturated rings. The molecule has 0 aliphatic carbocycles. The summed E-state index contributed by atoms with van der Waals surface area (Å²) >= 11 is 0. The Morgan fingerprint density at radius 1 is 0.588 bits per heavy atom. The van der Waals surface area contributed by atoms with Crippen molar-refractivity contribution in [2.75, 3.05) is 0 Å². The van der Waals surface area contributed by atoms with E-state index in [1.807, 2.05) is 0 Å². The van der Waals surface area contributed by atoms with Crippen LogP contribution in [0.2, 0.25) is 0 Å². The minimum Gasteiger partial charge on any atom is -0.545 e. The first-order chi connectivity index (χ1) is 16.5. The Morgan fingerprint density at radius 2 is 0.941 bits per heavy atom. The zero-order valence-corrected chi connectivity index (χ0v) is 18.9. The maximum Gasteiger partial charge on any atom is 0.100 e. The van der Waals surface area contributed by atoms with Crippen LogP contribution in [0.25, 0.3) is 21.5 Å². The SMILES string of the molecule is O=C([O-])/C=C\C=C/C(=O)[O-].[NH3+]Cc1cccc2ccccc12.[NH3+]Cc1cccc2ccccc12. The lowest BCUT2D eigenvalue weighted by Crippen LogP contribution is -2.47. The van der Waals surface area contributed by atoms with Gasteiger partial charge >= 0.3 is 0 Å². The number of hydrogen-bond acceptors (Lipinski definition) is 4. The van der Waals surface area contributed by atoms with E-state index in [9.17, 15) is 19.8 Å². The summed E-state index contributed by atoms with van der Waals surface area (Å²) in [5, 5.41) is 24.6. The van der Waals surface area contributed by atoms with Crippen molar-refractivity contribution >= 4 is 33.5 Å². The Balaban J connectivity index is 0.000000182. The van der Waals surface area contributed by atoms with E-state index in [2.05, 4.69) is 96.4 Å². The van der Waals surface area contributed by atoms with Crippen LogP contribution in [-0.2, 0) is 22.7 Å². The highest BCUT2D eigenvalue weighted by atomic mass is 16.4. The lowest BCUT2D eigenvalue weighted by Gasteiger charge is -2.00. The molecule has 4 rings (SSSR count). The zero-order valence-electron chi connectivity index (χ0n) is 18.9. The average molecular weight is 457 g/mol. The number of benzene rings is 4. The molecule has 0 unspecified atom stereocenters. The largest absolute Gasteiger partial charge is 0.545 e. The quantitative estimate of drug-likeness (QED) is 0.338. The molecule has 0 spiro atoms. The van der Waals surface area contributed by atoms with Crippen LogP contribution in [0.1, 0.15) is 11.1 Å². The molecule has 174 valence electrons. The molecular weight excluding hydrogens is 428 g/mol. The fraction of sp³-hybridized carbons (Fsp3) is 0.0714. The molecule has 0 saturated carbocycles. The van der Waals surface area contributed by atoms with Gasteiger partial charge in [0.25, 0.3) is 0 Å². The van der Waals surface area contributed by atoms with Crippen molar-refractivity contribution in [1.29, 1.82) is 0 Å². The Morgan fingerprint density at radius 3 is 1.29 bits per heavy atom. The van der Waals surface area contributed by atoms with Gasteiger partial charge in [-0.1, -0.05) is 97.1 Å². The second-order valence-electron chi connectivity index (χ2n) is 7.13. The van der Waals surface area contributed by atoms with Crippen LogP contribution < -0.4 is 21.7 Å². The minimum atomic E-state index is -1.37. The predicted molar refractivity (Wildman–Crippen MR) is 129 cm³/mol. The van der Waals surface area contributed by atoms with Gasteiger partial charge in [-0.25, -0.2) is 0 Å². The highest BCUT2D eigenvalue weighted by Crippen LogP contribution is 2.18. The first-order valence-electron chi connectivity index (χ1n) is 10.7. The molecule has 6 nitrogen and oxygen atoms in total. The van der Waals surface area contributed by atoms with Crippen molar-refractivity contribution < 1.29 is 31.3 Å². The standard InChI is InChI=1S/2C11H11N.C6H6O4/c2*12-8-10-6-3-5-9-4-1-2-7-11(9)10;7-5(8)3-1-2-4-6(9)10/h2*1-7H,8,12H2;1-4H,(H,7,8)(H,9,10)/b;;3-1-,4-2-. The zero-order chi connectivity index (χ0) is 24.8. The van der Waals surface area contributed by atoms with Gasteiger partial charge in [0.1, 0.15) is 13.1 Å². The third-order valence-corrected chi connectivity index (χ3v) is 4.87. The smallest absolute Gasteiger partial charge is 0.100 e. The molecule has 4 aromatic carbocycles. The summed E-state index contributed by atoms with van der Waals surface area (Å²) in [4.78, 5) is 19.3. The van der Waals surface area contributed by atoms with Gasteiger partial charge in [0, 0.05) is 11.1 Å². The summed E-state index contributed by atoms with van der Waals surface area (Å²) in [6.07, 6.45) is 3.48. The van der Waals surface area contributed by atoms with E-state index in [4.69, 9.17) is 0 Å². The van der Waals surface area contributed by atoms with Gasteiger partial charge in [-0.2, -0.15) is 0 Å². The number of rotatable bonds is 5. The lowest BCUT2D eigenvalue weighted by atomic mass is 10.1. The molecule has 0 amide bonds. The summed E-state index contributed by atoms with van der Waals surface area (Å²) in [5.74, 6) is -2.74. The molecular formula is C28H28N2O4. The molecule has 0 aromatic heterocycles. The molecule has 0 atom stereocenters. The van der Waals surface area contributed by atoms with Crippen LogP contribution in [0.3, 0.4) is 0 Å². The van der Waals surface area contributed by atoms with Gasteiger partial charge < -0.3 is 31.3 Å². The number of fused-ring (bicyclic) bond motifs is 2. The number of carbonyl (C=O) groups is 2.